The van der Waals surface area contributed by atoms with Crippen LogP contribution in [-0.2, 0) is 14.7 Å². The zero-order chi connectivity index (χ0) is 19.8. The van der Waals surface area contributed by atoms with Gasteiger partial charge in [0.2, 0.25) is 0 Å². The van der Waals surface area contributed by atoms with Crippen molar-refractivity contribution < 1.29 is 36.4 Å². The molecule has 0 unspecified atom stereocenters. The number of fused-ring (bicyclic) bond motifs is 1. The molecule has 0 N–H and O–H groups in total. The van der Waals surface area contributed by atoms with Crippen LogP contribution in [0.3, 0.4) is 0 Å². The predicted octanol–water partition coefficient (Wildman–Crippen LogP) is 2.09. The SMILES string of the molecule is O=C(ON1C(=O)c2ccccc2C1=O)c1cccc(S(=O)(=O)CC(F)F)c1. The van der Waals surface area contributed by atoms with Gasteiger partial charge in [-0.05, 0) is 30.3 Å². The number of hydroxylamine groups is 2. The van der Waals surface area contributed by atoms with Gasteiger partial charge in [0.15, 0.2) is 9.84 Å². The summed E-state index contributed by atoms with van der Waals surface area (Å²) >= 11 is 0. The fraction of sp³-hybridized carbons (Fsp3) is 0.118. The Hall–Kier alpha value is -3.14. The summed E-state index contributed by atoms with van der Waals surface area (Å²) in [5.74, 6) is -4.27. The predicted molar refractivity (Wildman–Crippen MR) is 86.9 cm³/mol. The van der Waals surface area contributed by atoms with E-state index in [0.717, 1.165) is 18.2 Å². The van der Waals surface area contributed by atoms with Gasteiger partial charge in [-0.15, -0.1) is 0 Å². The quantitative estimate of drug-likeness (QED) is 0.719. The molecule has 1 aliphatic heterocycles. The van der Waals surface area contributed by atoms with Crippen molar-refractivity contribution in [1.82, 2.24) is 5.06 Å². The van der Waals surface area contributed by atoms with Gasteiger partial charge >= 0.3 is 5.97 Å². The maximum Gasteiger partial charge on any atom is 0.363 e. The van der Waals surface area contributed by atoms with E-state index in [1.54, 1.807) is 0 Å². The molecule has 0 atom stereocenters. The van der Waals surface area contributed by atoms with Gasteiger partial charge in [0.05, 0.1) is 21.6 Å². The van der Waals surface area contributed by atoms with Crippen molar-refractivity contribution in [3.05, 3.63) is 65.2 Å². The van der Waals surface area contributed by atoms with E-state index in [4.69, 9.17) is 4.84 Å². The Morgan fingerprint density at radius 3 is 2.15 bits per heavy atom. The number of carbonyl (C=O) groups is 3. The summed E-state index contributed by atoms with van der Waals surface area (Å²) < 4.78 is 48.5. The molecule has 0 fully saturated rings. The zero-order valence-corrected chi connectivity index (χ0v) is 14.3. The normalized spacial score (nSPS) is 13.8. The number of halogens is 2. The summed E-state index contributed by atoms with van der Waals surface area (Å²) in [4.78, 5) is 40.9. The number of amides is 2. The van der Waals surface area contributed by atoms with Crippen LogP contribution in [0.5, 0.6) is 0 Å². The number of imide groups is 1. The summed E-state index contributed by atoms with van der Waals surface area (Å²) in [5, 5.41) is 0.271. The molecule has 0 aliphatic carbocycles. The Morgan fingerprint density at radius 1 is 1.00 bits per heavy atom. The lowest BCUT2D eigenvalue weighted by Gasteiger charge is -2.13. The Labute approximate surface area is 152 Å². The summed E-state index contributed by atoms with van der Waals surface area (Å²) in [6.07, 6.45) is -3.08. The third kappa shape index (κ3) is 3.56. The largest absolute Gasteiger partial charge is 0.363 e. The van der Waals surface area contributed by atoms with E-state index in [-0.39, 0.29) is 21.8 Å². The van der Waals surface area contributed by atoms with Gasteiger partial charge in [-0.3, -0.25) is 9.59 Å². The van der Waals surface area contributed by atoms with Crippen molar-refractivity contribution in [3.8, 4) is 0 Å². The van der Waals surface area contributed by atoms with Crippen LogP contribution in [-0.4, -0.2) is 43.4 Å². The third-order valence-electron chi connectivity index (χ3n) is 3.71. The first-order valence-electron chi connectivity index (χ1n) is 7.52. The second-order valence-electron chi connectivity index (χ2n) is 5.53. The van der Waals surface area contributed by atoms with E-state index in [1.807, 2.05) is 0 Å². The van der Waals surface area contributed by atoms with E-state index in [9.17, 15) is 31.6 Å². The third-order valence-corrected chi connectivity index (χ3v) is 5.37. The van der Waals surface area contributed by atoms with Crippen LogP contribution in [0.1, 0.15) is 31.1 Å². The molecule has 2 amide bonds. The number of benzene rings is 2. The lowest BCUT2D eigenvalue weighted by Crippen LogP contribution is -2.32. The van der Waals surface area contributed by atoms with Crippen LogP contribution >= 0.6 is 0 Å². The van der Waals surface area contributed by atoms with Gasteiger partial charge in [-0.2, -0.15) is 0 Å². The number of alkyl halides is 2. The van der Waals surface area contributed by atoms with Gasteiger partial charge in [0.1, 0.15) is 5.75 Å². The van der Waals surface area contributed by atoms with E-state index in [1.165, 1.54) is 30.3 Å². The van der Waals surface area contributed by atoms with E-state index >= 15 is 0 Å². The first-order valence-corrected chi connectivity index (χ1v) is 9.17. The second kappa shape index (κ2) is 6.88. The van der Waals surface area contributed by atoms with Crippen LogP contribution in [0.2, 0.25) is 0 Å². The molecule has 1 aliphatic rings. The maximum absolute atomic E-state index is 12.4. The van der Waals surface area contributed by atoms with E-state index < -0.39 is 44.7 Å². The van der Waals surface area contributed by atoms with Crippen molar-refractivity contribution >= 4 is 27.6 Å². The molecule has 3 rings (SSSR count). The number of sulfone groups is 1. The highest BCUT2D eigenvalue weighted by Crippen LogP contribution is 2.24. The number of rotatable bonds is 5. The number of carbonyl (C=O) groups excluding carboxylic acids is 3. The second-order valence-corrected chi connectivity index (χ2v) is 7.56. The molecule has 140 valence electrons. The Morgan fingerprint density at radius 2 is 1.59 bits per heavy atom. The molecule has 0 bridgehead atoms. The Balaban J connectivity index is 1.83. The molecule has 0 radical (unpaired) electrons. The Kier molecular flexibility index (Phi) is 4.75. The zero-order valence-electron chi connectivity index (χ0n) is 13.5. The lowest BCUT2D eigenvalue weighted by molar-refractivity contribution is -0.0584. The van der Waals surface area contributed by atoms with Gasteiger partial charge in [-0.1, -0.05) is 23.3 Å². The van der Waals surface area contributed by atoms with Crippen LogP contribution < -0.4 is 0 Å². The Bertz CT molecular complexity index is 1020. The molecule has 10 heteroatoms. The summed E-state index contributed by atoms with van der Waals surface area (Å²) in [5.41, 5.74) is -0.200. The highest BCUT2D eigenvalue weighted by molar-refractivity contribution is 7.91. The van der Waals surface area contributed by atoms with Gasteiger partial charge < -0.3 is 4.84 Å². The van der Waals surface area contributed by atoms with E-state index in [2.05, 4.69) is 0 Å². The topological polar surface area (TPSA) is 97.8 Å². The van der Waals surface area contributed by atoms with Crippen LogP contribution in [0.4, 0.5) is 8.78 Å². The van der Waals surface area contributed by atoms with Crippen LogP contribution in [0.15, 0.2) is 53.4 Å². The standard InChI is InChI=1S/C17H11F2NO6S/c18-14(19)9-27(24,25)11-5-3-4-10(8-11)17(23)26-20-15(21)12-6-1-2-7-13(12)16(20)22/h1-8,14H,9H2. The number of hydrogen-bond donors (Lipinski definition) is 0. The average molecular weight is 395 g/mol. The first-order chi connectivity index (χ1) is 12.7. The van der Waals surface area contributed by atoms with Gasteiger partial charge in [0, 0.05) is 0 Å². The number of hydrogen-bond acceptors (Lipinski definition) is 6. The minimum atomic E-state index is -4.31. The molecule has 1 heterocycles. The van der Waals surface area contributed by atoms with Crippen LogP contribution in [0, 0.1) is 0 Å². The van der Waals surface area contributed by atoms with Crippen LogP contribution in [0.25, 0.3) is 0 Å². The molecule has 7 nitrogen and oxygen atoms in total. The molecule has 27 heavy (non-hydrogen) atoms. The minimum absolute atomic E-state index is 0.0589. The van der Waals surface area contributed by atoms with Crippen molar-refractivity contribution in [1.29, 1.82) is 0 Å². The van der Waals surface area contributed by atoms with Crippen molar-refractivity contribution in [2.24, 2.45) is 0 Å². The molecular formula is C17H11F2NO6S. The van der Waals surface area contributed by atoms with Crippen molar-refractivity contribution in [2.75, 3.05) is 5.75 Å². The van der Waals surface area contributed by atoms with Gasteiger partial charge in [0.25, 0.3) is 18.2 Å². The maximum atomic E-state index is 12.4. The molecule has 0 saturated carbocycles. The van der Waals surface area contributed by atoms with E-state index in [0.29, 0.717) is 0 Å². The molecule has 0 saturated heterocycles. The van der Waals surface area contributed by atoms with Gasteiger partial charge in [-0.25, -0.2) is 22.0 Å². The lowest BCUT2D eigenvalue weighted by atomic mass is 10.1. The number of nitrogens with zero attached hydrogens (tertiary/aromatic N) is 1. The first kappa shape index (κ1) is 18.6. The average Bonchev–Trinajstić information content (AvgIpc) is 2.86. The summed E-state index contributed by atoms with van der Waals surface area (Å²) in [6, 6.07) is 10.1. The van der Waals surface area contributed by atoms with Crippen molar-refractivity contribution in [3.63, 3.8) is 0 Å². The fourth-order valence-electron chi connectivity index (χ4n) is 2.46. The summed E-state index contributed by atoms with van der Waals surface area (Å²) in [6.45, 7) is 0. The van der Waals surface area contributed by atoms with Crippen molar-refractivity contribution in [2.45, 2.75) is 11.3 Å². The highest BCUT2D eigenvalue weighted by atomic mass is 32.2. The summed E-state index contributed by atoms with van der Waals surface area (Å²) in [7, 11) is -4.31. The highest BCUT2D eigenvalue weighted by Gasteiger charge is 2.38. The molecule has 0 spiro atoms. The minimum Gasteiger partial charge on any atom is -0.324 e. The molecular weight excluding hydrogens is 384 g/mol. The molecule has 2 aromatic rings. The monoisotopic (exact) mass is 395 g/mol. The smallest absolute Gasteiger partial charge is 0.324 e. The fourth-order valence-corrected chi connectivity index (χ4v) is 3.58. The molecule has 2 aromatic carbocycles. The molecule has 0 aromatic heterocycles.